The van der Waals surface area contributed by atoms with Crippen molar-refractivity contribution in [2.24, 2.45) is 10.7 Å². The second-order valence-electron chi connectivity index (χ2n) is 7.73. The number of rotatable bonds is 3. The quantitative estimate of drug-likeness (QED) is 0.807. The van der Waals surface area contributed by atoms with Gasteiger partial charge in [0.05, 0.1) is 5.75 Å². The number of benzene rings is 1. The lowest BCUT2D eigenvalue weighted by Crippen LogP contribution is -2.55. The molecule has 2 aliphatic rings. The SMILES string of the molecule is CC1(C)C(N)=N[C@](C)(c2cc(NC(=O)[C@H]3CCCO3)ccc2F)CS1(=O)=O. The molecule has 2 aliphatic heterocycles. The van der Waals surface area contributed by atoms with E-state index in [1.807, 2.05) is 0 Å². The number of nitrogens with zero attached hydrogens (tertiary/aromatic N) is 1. The molecule has 9 heteroatoms. The summed E-state index contributed by atoms with van der Waals surface area (Å²) in [6.07, 6.45) is 0.914. The standard InChI is InChI=1S/C18H24FN3O4S/c1-17(2)16(20)22-18(3,10-27(17,24)25)12-9-11(6-7-13(12)19)21-15(23)14-5-4-8-26-14/h6-7,9,14H,4-5,8,10H2,1-3H3,(H2,20,22)(H,21,23)/t14-,18+/m1/s1. The zero-order valence-corrected chi connectivity index (χ0v) is 16.4. The van der Waals surface area contributed by atoms with Crippen molar-refractivity contribution in [1.29, 1.82) is 0 Å². The number of aliphatic imine (C=N–C) groups is 1. The monoisotopic (exact) mass is 397 g/mol. The van der Waals surface area contributed by atoms with E-state index in [4.69, 9.17) is 10.5 Å². The Balaban J connectivity index is 1.97. The predicted octanol–water partition coefficient (Wildman–Crippen LogP) is 1.72. The molecule has 0 radical (unpaired) electrons. The van der Waals surface area contributed by atoms with Crippen LogP contribution in [0.5, 0.6) is 0 Å². The Kier molecular flexibility index (Phi) is 4.80. The fourth-order valence-corrected chi connectivity index (χ4v) is 4.99. The molecule has 0 aromatic heterocycles. The normalized spacial score (nSPS) is 29.2. The first-order chi connectivity index (χ1) is 12.5. The van der Waals surface area contributed by atoms with E-state index in [0.717, 1.165) is 6.42 Å². The number of halogens is 1. The number of carbonyl (C=O) groups is 1. The molecule has 1 aromatic carbocycles. The lowest BCUT2D eigenvalue weighted by Gasteiger charge is -2.38. The van der Waals surface area contributed by atoms with Crippen molar-refractivity contribution in [1.82, 2.24) is 0 Å². The number of ether oxygens (including phenoxy) is 1. The molecule has 0 spiro atoms. The highest BCUT2D eigenvalue weighted by molar-refractivity contribution is 7.93. The van der Waals surface area contributed by atoms with Gasteiger partial charge in [-0.25, -0.2) is 12.8 Å². The summed E-state index contributed by atoms with van der Waals surface area (Å²) in [6.45, 7) is 5.02. The van der Waals surface area contributed by atoms with E-state index in [1.54, 1.807) is 0 Å². The minimum Gasteiger partial charge on any atom is -0.386 e. The molecule has 148 valence electrons. The number of sulfone groups is 1. The van der Waals surface area contributed by atoms with Crippen LogP contribution in [0.3, 0.4) is 0 Å². The number of hydrogen-bond donors (Lipinski definition) is 2. The Morgan fingerprint density at radius 3 is 2.67 bits per heavy atom. The molecule has 1 amide bonds. The third-order valence-corrected chi connectivity index (χ3v) is 7.98. The topological polar surface area (TPSA) is 111 Å². The van der Waals surface area contributed by atoms with E-state index < -0.39 is 32.0 Å². The zero-order chi connectivity index (χ0) is 20.0. The van der Waals surface area contributed by atoms with Crippen LogP contribution in [-0.4, -0.2) is 43.4 Å². The molecule has 27 heavy (non-hydrogen) atoms. The molecule has 2 heterocycles. The lowest BCUT2D eigenvalue weighted by atomic mass is 9.92. The summed E-state index contributed by atoms with van der Waals surface area (Å²) in [4.78, 5) is 16.6. The van der Waals surface area contributed by atoms with Crippen LogP contribution in [-0.2, 0) is 24.9 Å². The molecule has 1 saturated heterocycles. The summed E-state index contributed by atoms with van der Waals surface area (Å²) in [6, 6.07) is 4.01. The highest BCUT2D eigenvalue weighted by Crippen LogP contribution is 2.38. The number of nitrogens with two attached hydrogens (primary N) is 1. The Hall–Kier alpha value is -2.00. The van der Waals surface area contributed by atoms with Crippen molar-refractivity contribution in [2.45, 2.75) is 50.0 Å². The van der Waals surface area contributed by atoms with Crippen LogP contribution in [0.15, 0.2) is 23.2 Å². The highest BCUT2D eigenvalue weighted by Gasteiger charge is 2.49. The Morgan fingerprint density at radius 2 is 2.07 bits per heavy atom. The van der Waals surface area contributed by atoms with Gasteiger partial charge in [0.1, 0.15) is 28.0 Å². The maximum Gasteiger partial charge on any atom is 0.253 e. The fourth-order valence-electron chi connectivity index (χ4n) is 3.30. The first-order valence-corrected chi connectivity index (χ1v) is 10.4. The molecule has 3 rings (SSSR count). The largest absolute Gasteiger partial charge is 0.386 e. The maximum absolute atomic E-state index is 14.6. The van der Waals surface area contributed by atoms with Gasteiger partial charge in [0.25, 0.3) is 5.91 Å². The summed E-state index contributed by atoms with van der Waals surface area (Å²) in [5, 5.41) is 2.70. The molecule has 2 atom stereocenters. The highest BCUT2D eigenvalue weighted by atomic mass is 32.2. The minimum atomic E-state index is -3.66. The van der Waals surface area contributed by atoms with Gasteiger partial charge in [0, 0.05) is 17.9 Å². The number of anilines is 1. The van der Waals surface area contributed by atoms with Crippen molar-refractivity contribution < 1.29 is 22.3 Å². The molecular weight excluding hydrogens is 373 g/mol. The molecule has 7 nitrogen and oxygen atoms in total. The third kappa shape index (κ3) is 3.45. The number of nitrogens with one attached hydrogen (secondary N) is 1. The van der Waals surface area contributed by atoms with E-state index in [9.17, 15) is 17.6 Å². The molecule has 0 bridgehead atoms. The van der Waals surface area contributed by atoms with Gasteiger partial charge in [-0.05, 0) is 51.8 Å². The number of amidine groups is 1. The third-order valence-electron chi connectivity index (χ3n) is 5.27. The smallest absolute Gasteiger partial charge is 0.253 e. The van der Waals surface area contributed by atoms with Crippen molar-refractivity contribution in [3.63, 3.8) is 0 Å². The zero-order valence-electron chi connectivity index (χ0n) is 15.6. The molecule has 0 saturated carbocycles. The van der Waals surface area contributed by atoms with E-state index in [2.05, 4.69) is 10.3 Å². The molecule has 0 unspecified atom stereocenters. The number of carbonyl (C=O) groups excluding carboxylic acids is 1. The van der Waals surface area contributed by atoms with Crippen molar-refractivity contribution in [2.75, 3.05) is 17.7 Å². The average Bonchev–Trinajstić information content (AvgIpc) is 3.09. The van der Waals surface area contributed by atoms with Gasteiger partial charge in [-0.3, -0.25) is 9.79 Å². The number of amides is 1. The summed E-state index contributed by atoms with van der Waals surface area (Å²) in [7, 11) is -3.66. The predicted molar refractivity (Wildman–Crippen MR) is 101 cm³/mol. The maximum atomic E-state index is 14.6. The van der Waals surface area contributed by atoms with Crippen molar-refractivity contribution in [3.8, 4) is 0 Å². The van der Waals surface area contributed by atoms with Crippen LogP contribution in [0, 0.1) is 5.82 Å². The van der Waals surface area contributed by atoms with E-state index >= 15 is 0 Å². The van der Waals surface area contributed by atoms with Crippen molar-refractivity contribution in [3.05, 3.63) is 29.6 Å². The first-order valence-electron chi connectivity index (χ1n) is 8.77. The van der Waals surface area contributed by atoms with Crippen molar-refractivity contribution >= 4 is 27.3 Å². The van der Waals surface area contributed by atoms with Crippen LogP contribution >= 0.6 is 0 Å². The summed E-state index contributed by atoms with van der Waals surface area (Å²) in [5.41, 5.74) is 4.95. The van der Waals surface area contributed by atoms with Crippen LogP contribution < -0.4 is 11.1 Å². The second-order valence-corrected chi connectivity index (χ2v) is 10.3. The van der Waals surface area contributed by atoms with Gasteiger partial charge < -0.3 is 15.8 Å². The van der Waals surface area contributed by atoms with Gasteiger partial charge in [-0.2, -0.15) is 0 Å². The first kappa shape index (κ1) is 19.8. The Morgan fingerprint density at radius 1 is 1.37 bits per heavy atom. The molecule has 3 N–H and O–H groups in total. The summed E-state index contributed by atoms with van der Waals surface area (Å²) >= 11 is 0. The van der Waals surface area contributed by atoms with Crippen LogP contribution in [0.2, 0.25) is 0 Å². The van der Waals surface area contributed by atoms with E-state index in [-0.39, 0.29) is 23.1 Å². The molecule has 0 aliphatic carbocycles. The minimum absolute atomic E-state index is 0.0645. The molecular formula is C18H24FN3O4S. The second kappa shape index (κ2) is 6.56. The van der Waals surface area contributed by atoms with Gasteiger partial charge in [0.15, 0.2) is 9.84 Å². The molecule has 1 fully saturated rings. The average molecular weight is 397 g/mol. The van der Waals surface area contributed by atoms with Crippen LogP contribution in [0.1, 0.15) is 39.2 Å². The van der Waals surface area contributed by atoms with Gasteiger partial charge in [-0.1, -0.05) is 0 Å². The summed E-state index contributed by atoms with van der Waals surface area (Å²) in [5.74, 6) is -1.37. The Bertz CT molecular complexity index is 907. The summed E-state index contributed by atoms with van der Waals surface area (Å²) < 4.78 is 44.0. The van der Waals surface area contributed by atoms with Crippen LogP contribution in [0.4, 0.5) is 10.1 Å². The lowest BCUT2D eigenvalue weighted by molar-refractivity contribution is -0.124. The number of hydrogen-bond acceptors (Lipinski definition) is 6. The Labute approximate surface area is 158 Å². The van der Waals surface area contributed by atoms with Gasteiger partial charge >= 0.3 is 0 Å². The van der Waals surface area contributed by atoms with E-state index in [1.165, 1.54) is 39.0 Å². The fraction of sp³-hybridized carbons (Fsp3) is 0.556. The van der Waals surface area contributed by atoms with Gasteiger partial charge in [-0.15, -0.1) is 0 Å². The van der Waals surface area contributed by atoms with E-state index in [0.29, 0.717) is 18.7 Å². The van der Waals surface area contributed by atoms with Crippen LogP contribution in [0.25, 0.3) is 0 Å². The molecule has 1 aromatic rings. The van der Waals surface area contributed by atoms with Gasteiger partial charge in [0.2, 0.25) is 0 Å².